The largest absolute Gasteiger partial charge is 0.573 e. The minimum Gasteiger partial charge on any atom is -0.406 e. The van der Waals surface area contributed by atoms with Crippen LogP contribution in [0.25, 0.3) is 11.1 Å². The van der Waals surface area contributed by atoms with E-state index in [0.717, 1.165) is 8.28 Å². The van der Waals surface area contributed by atoms with Crippen LogP contribution in [0.2, 0.25) is 0 Å². The summed E-state index contributed by atoms with van der Waals surface area (Å²) in [5, 5.41) is 2.79. The Morgan fingerprint density at radius 1 is 1.29 bits per heavy atom. The van der Waals surface area contributed by atoms with Crippen LogP contribution in [0, 0.1) is 3.70 Å². The minimum atomic E-state index is -4.83. The molecule has 2 aromatic heterocycles. The third-order valence-electron chi connectivity index (χ3n) is 5.28. The number of fused-ring (bicyclic) bond motifs is 1. The molecule has 0 unspecified atom stereocenters. The molecule has 1 N–H and O–H groups in total. The molecule has 0 fully saturated rings. The van der Waals surface area contributed by atoms with E-state index in [0.29, 0.717) is 26.2 Å². The van der Waals surface area contributed by atoms with Crippen LogP contribution in [-0.4, -0.2) is 59.2 Å². The predicted molar refractivity (Wildman–Crippen MR) is 125 cm³/mol. The molecule has 1 aliphatic rings. The van der Waals surface area contributed by atoms with E-state index in [2.05, 4.69) is 15.0 Å². The van der Waals surface area contributed by atoms with E-state index in [1.54, 1.807) is 16.7 Å². The summed E-state index contributed by atoms with van der Waals surface area (Å²) >= 11 is 2.04. The number of aromatic nitrogens is 3. The number of amides is 1. The maximum Gasteiger partial charge on any atom is 0.573 e. The van der Waals surface area contributed by atoms with Crippen molar-refractivity contribution >= 4 is 38.7 Å². The Morgan fingerprint density at radius 2 is 2.03 bits per heavy atom. The second kappa shape index (κ2) is 8.88. The number of nitrogens with zero attached hydrogens (tertiary/aromatic N) is 4. The Morgan fingerprint density at radius 3 is 2.71 bits per heavy atom. The first kappa shape index (κ1) is 24.5. The van der Waals surface area contributed by atoms with Crippen LogP contribution in [0.15, 0.2) is 42.9 Å². The number of rotatable bonds is 6. The van der Waals surface area contributed by atoms with Gasteiger partial charge < -0.3 is 14.6 Å². The van der Waals surface area contributed by atoms with Crippen LogP contribution in [0.3, 0.4) is 0 Å². The van der Waals surface area contributed by atoms with Gasteiger partial charge in [-0.05, 0) is 46.4 Å². The molecule has 3 heterocycles. The highest BCUT2D eigenvalue weighted by Gasteiger charge is 2.33. The van der Waals surface area contributed by atoms with Crippen molar-refractivity contribution in [1.29, 1.82) is 0 Å². The standard InChI is InChI=1S/C20H19F3IN5O4S/c1-27(2)34(31,32)28-11-25-9-13(28)7-14-10-26-19(30)17-8-16(18(24)29(14)17)12-4-3-5-15(6-12)33-20(21,22)23/h3-6,8-9,11,14H,7,10H2,1-2H3,(H,26,30)/t14-/m0/s1. The lowest BCUT2D eigenvalue weighted by Gasteiger charge is -2.28. The lowest BCUT2D eigenvalue weighted by atomic mass is 10.1. The van der Waals surface area contributed by atoms with Gasteiger partial charge in [-0.1, -0.05) is 12.1 Å². The highest BCUT2D eigenvalue weighted by Crippen LogP contribution is 2.36. The molecule has 182 valence electrons. The quantitative estimate of drug-likeness (QED) is 0.434. The number of carbonyl (C=O) groups is 1. The normalized spacial score (nSPS) is 16.4. The number of benzene rings is 1. The number of imidazole rings is 1. The summed E-state index contributed by atoms with van der Waals surface area (Å²) in [6.07, 6.45) is -1.92. The van der Waals surface area contributed by atoms with Crippen LogP contribution >= 0.6 is 22.6 Å². The number of hydrogen-bond acceptors (Lipinski definition) is 5. The maximum atomic E-state index is 12.7. The smallest absolute Gasteiger partial charge is 0.406 e. The Hall–Kier alpha value is -2.59. The van der Waals surface area contributed by atoms with Crippen molar-refractivity contribution in [2.75, 3.05) is 20.6 Å². The molecule has 4 rings (SSSR count). The molecular formula is C20H19F3IN5O4S. The molecule has 0 bridgehead atoms. The molecular weight excluding hydrogens is 590 g/mol. The van der Waals surface area contributed by atoms with Crippen molar-refractivity contribution in [1.82, 2.24) is 23.1 Å². The van der Waals surface area contributed by atoms with Gasteiger partial charge in [-0.3, -0.25) is 4.79 Å². The molecule has 0 spiro atoms. The van der Waals surface area contributed by atoms with Crippen molar-refractivity contribution in [2.24, 2.45) is 0 Å². The van der Waals surface area contributed by atoms with E-state index in [1.807, 2.05) is 22.6 Å². The average molecular weight is 609 g/mol. The zero-order valence-electron chi connectivity index (χ0n) is 17.9. The van der Waals surface area contributed by atoms with Crippen molar-refractivity contribution < 1.29 is 31.1 Å². The van der Waals surface area contributed by atoms with Crippen molar-refractivity contribution in [2.45, 2.75) is 18.8 Å². The van der Waals surface area contributed by atoms with Crippen LogP contribution < -0.4 is 10.1 Å². The molecule has 1 atom stereocenters. The predicted octanol–water partition coefficient (Wildman–Crippen LogP) is 3.04. The number of hydrogen-bond donors (Lipinski definition) is 1. The molecule has 3 aromatic rings. The first-order valence-electron chi connectivity index (χ1n) is 9.88. The molecule has 1 aromatic carbocycles. The number of carbonyl (C=O) groups excluding carboxylic acids is 1. The average Bonchev–Trinajstić information content (AvgIpc) is 3.34. The highest BCUT2D eigenvalue weighted by molar-refractivity contribution is 14.1. The molecule has 0 saturated heterocycles. The third kappa shape index (κ3) is 4.65. The second-order valence-electron chi connectivity index (χ2n) is 7.72. The van der Waals surface area contributed by atoms with E-state index >= 15 is 0 Å². The monoisotopic (exact) mass is 609 g/mol. The van der Waals surface area contributed by atoms with Gasteiger partial charge in [0, 0.05) is 38.8 Å². The fourth-order valence-corrected chi connectivity index (χ4v) is 5.80. The summed E-state index contributed by atoms with van der Waals surface area (Å²) in [5.74, 6) is -0.707. The first-order valence-corrected chi connectivity index (χ1v) is 12.4. The molecule has 1 aliphatic heterocycles. The van der Waals surface area contributed by atoms with Gasteiger partial charge in [-0.25, -0.2) is 8.96 Å². The van der Waals surface area contributed by atoms with Crippen LogP contribution in [0.5, 0.6) is 5.75 Å². The van der Waals surface area contributed by atoms with Crippen LogP contribution in [-0.2, 0) is 16.6 Å². The molecule has 9 nitrogen and oxygen atoms in total. The van der Waals surface area contributed by atoms with E-state index in [1.165, 1.54) is 44.8 Å². The van der Waals surface area contributed by atoms with E-state index < -0.39 is 16.6 Å². The number of alkyl halides is 3. The molecule has 34 heavy (non-hydrogen) atoms. The summed E-state index contributed by atoms with van der Waals surface area (Å²) in [4.78, 5) is 16.5. The summed E-state index contributed by atoms with van der Waals surface area (Å²) in [6, 6.07) is 6.76. The second-order valence-corrected chi connectivity index (χ2v) is 10.8. The minimum absolute atomic E-state index is 0.236. The topological polar surface area (TPSA) is 98.5 Å². The van der Waals surface area contributed by atoms with E-state index in [-0.39, 0.29) is 30.7 Å². The lowest BCUT2D eigenvalue weighted by Crippen LogP contribution is -2.40. The Balaban J connectivity index is 1.73. The maximum absolute atomic E-state index is 12.7. The van der Waals surface area contributed by atoms with Gasteiger partial charge in [0.05, 0.1) is 15.4 Å². The Bertz CT molecular complexity index is 1350. The fraction of sp³-hybridized carbons (Fsp3) is 0.300. The molecule has 1 amide bonds. The first-order chi connectivity index (χ1) is 15.9. The van der Waals surface area contributed by atoms with Gasteiger partial charge >= 0.3 is 16.6 Å². The zero-order valence-corrected chi connectivity index (χ0v) is 20.8. The summed E-state index contributed by atoms with van der Waals surface area (Å²) in [6.45, 7) is 0.236. The van der Waals surface area contributed by atoms with Crippen molar-refractivity contribution in [3.63, 3.8) is 0 Å². The van der Waals surface area contributed by atoms with Gasteiger partial charge in [-0.15, -0.1) is 13.2 Å². The lowest BCUT2D eigenvalue weighted by molar-refractivity contribution is -0.274. The number of nitrogens with one attached hydrogen (secondary N) is 1. The van der Waals surface area contributed by atoms with E-state index in [4.69, 9.17) is 0 Å². The molecule has 14 heteroatoms. The summed E-state index contributed by atoms with van der Waals surface area (Å²) < 4.78 is 71.8. The molecule has 0 saturated carbocycles. The number of ether oxygens (including phenoxy) is 1. The van der Waals surface area contributed by atoms with Crippen LogP contribution in [0.4, 0.5) is 13.2 Å². The number of halogens is 4. The highest BCUT2D eigenvalue weighted by atomic mass is 127. The van der Waals surface area contributed by atoms with Gasteiger partial charge in [-0.2, -0.15) is 12.7 Å². The Kier molecular flexibility index (Phi) is 6.41. The fourth-order valence-electron chi connectivity index (χ4n) is 3.73. The third-order valence-corrected chi connectivity index (χ3v) is 8.13. The van der Waals surface area contributed by atoms with Crippen LogP contribution in [0.1, 0.15) is 22.2 Å². The SMILES string of the molecule is CN(C)S(=O)(=O)n1cncc1C[C@H]1CNC(=O)c2cc(-c3cccc(OC(F)(F)F)c3)c(I)n21. The molecule has 0 aliphatic carbocycles. The summed E-state index contributed by atoms with van der Waals surface area (Å²) in [7, 11) is -0.963. The van der Waals surface area contributed by atoms with E-state index in [9.17, 15) is 26.4 Å². The van der Waals surface area contributed by atoms with Crippen molar-refractivity contribution in [3.8, 4) is 16.9 Å². The molecule has 0 radical (unpaired) electrons. The van der Waals surface area contributed by atoms with Crippen molar-refractivity contribution in [3.05, 3.63) is 57.9 Å². The van der Waals surface area contributed by atoms with Gasteiger partial charge in [0.25, 0.3) is 5.91 Å². The zero-order chi connectivity index (χ0) is 24.8. The van der Waals surface area contributed by atoms with Gasteiger partial charge in [0.15, 0.2) is 0 Å². The Labute approximate surface area is 206 Å². The van der Waals surface area contributed by atoms with Gasteiger partial charge in [0.2, 0.25) is 0 Å². The summed E-state index contributed by atoms with van der Waals surface area (Å²) in [5.41, 5.74) is 1.74. The van der Waals surface area contributed by atoms with Gasteiger partial charge in [0.1, 0.15) is 17.8 Å².